The number of rotatable bonds is 3. The molecular weight excluding hydrogens is 278 g/mol. The maximum absolute atomic E-state index is 12.5. The molecule has 0 aliphatic rings. The summed E-state index contributed by atoms with van der Waals surface area (Å²) in [5.41, 5.74) is 1.54. The van der Waals surface area contributed by atoms with Gasteiger partial charge in [-0.05, 0) is 23.0 Å². The number of likely N-dealkylation sites (N-methyl/N-ethyl adjacent to an activating group) is 1. The molecule has 1 amide bonds. The second-order valence-electron chi connectivity index (χ2n) is 7.87. The summed E-state index contributed by atoms with van der Waals surface area (Å²) < 4.78 is 0. The molecule has 0 atom stereocenters. The molecule has 0 heterocycles. The van der Waals surface area contributed by atoms with E-state index in [1.807, 2.05) is 41.5 Å². The number of carbonyl (C=O) groups excluding carboxylic acids is 1. The number of amides is 1. The van der Waals surface area contributed by atoms with Crippen LogP contribution in [0.3, 0.4) is 0 Å². The molecule has 0 saturated carbocycles. The number of hydrogen-bond acceptors (Lipinski definition) is 3. The second kappa shape index (κ2) is 6.29. The molecule has 1 rings (SSSR count). The number of phenolic OH excluding ortho intramolecular Hbond substituents is 1. The predicted molar refractivity (Wildman–Crippen MR) is 89.6 cm³/mol. The number of aliphatic hydroxyl groups is 1. The van der Waals surface area contributed by atoms with E-state index in [0.29, 0.717) is 5.56 Å². The number of benzene rings is 1. The number of phenols is 1. The lowest BCUT2D eigenvalue weighted by atomic mass is 9.78. The lowest BCUT2D eigenvalue weighted by Gasteiger charge is -2.28. The summed E-state index contributed by atoms with van der Waals surface area (Å²) in [5.74, 6) is 0.117. The Morgan fingerprint density at radius 3 is 1.77 bits per heavy atom. The molecule has 22 heavy (non-hydrogen) atoms. The van der Waals surface area contributed by atoms with Crippen molar-refractivity contribution >= 4 is 5.91 Å². The van der Waals surface area contributed by atoms with Gasteiger partial charge in [0, 0.05) is 30.3 Å². The van der Waals surface area contributed by atoms with E-state index >= 15 is 0 Å². The van der Waals surface area contributed by atoms with E-state index in [4.69, 9.17) is 5.11 Å². The van der Waals surface area contributed by atoms with Crippen molar-refractivity contribution in [3.05, 3.63) is 28.8 Å². The Bertz CT molecular complexity index is 515. The fraction of sp³-hybridized carbons (Fsp3) is 0.611. The van der Waals surface area contributed by atoms with Crippen LogP contribution in [0.4, 0.5) is 0 Å². The van der Waals surface area contributed by atoms with Crippen molar-refractivity contribution < 1.29 is 15.0 Å². The molecule has 0 unspecified atom stereocenters. The maximum Gasteiger partial charge on any atom is 0.253 e. The lowest BCUT2D eigenvalue weighted by molar-refractivity contribution is 0.0766. The van der Waals surface area contributed by atoms with Crippen LogP contribution in [0.2, 0.25) is 0 Å². The number of aliphatic hydroxyl groups excluding tert-OH is 1. The van der Waals surface area contributed by atoms with Crippen molar-refractivity contribution in [1.29, 1.82) is 0 Å². The smallest absolute Gasteiger partial charge is 0.253 e. The first-order valence-electron chi connectivity index (χ1n) is 7.64. The summed E-state index contributed by atoms with van der Waals surface area (Å²) in [6, 6.07) is 3.53. The third kappa shape index (κ3) is 4.01. The molecule has 0 aliphatic heterocycles. The van der Waals surface area contributed by atoms with E-state index in [0.717, 1.165) is 11.1 Å². The zero-order valence-corrected chi connectivity index (χ0v) is 14.8. The lowest BCUT2D eigenvalue weighted by Crippen LogP contribution is -2.30. The average molecular weight is 307 g/mol. The third-order valence-electron chi connectivity index (χ3n) is 3.76. The summed E-state index contributed by atoms with van der Waals surface area (Å²) >= 11 is 0. The van der Waals surface area contributed by atoms with Gasteiger partial charge in [0.2, 0.25) is 0 Å². The highest BCUT2D eigenvalue weighted by Gasteiger charge is 2.28. The molecule has 0 aromatic heterocycles. The fourth-order valence-electron chi connectivity index (χ4n) is 2.37. The summed E-state index contributed by atoms with van der Waals surface area (Å²) in [6.07, 6.45) is 0. The minimum absolute atomic E-state index is 0.0709. The van der Waals surface area contributed by atoms with Gasteiger partial charge in [-0.3, -0.25) is 4.79 Å². The van der Waals surface area contributed by atoms with Gasteiger partial charge in [0.15, 0.2) is 0 Å². The highest BCUT2D eigenvalue weighted by Crippen LogP contribution is 2.39. The van der Waals surface area contributed by atoms with Crippen LogP contribution in [0.1, 0.15) is 63.0 Å². The summed E-state index contributed by atoms with van der Waals surface area (Å²) in [6.45, 7) is 12.3. The van der Waals surface area contributed by atoms with Crippen molar-refractivity contribution in [3.8, 4) is 5.75 Å². The standard InChI is InChI=1S/C18H29NO3/c1-17(2,3)13-10-12(16(22)19(7)8-9-20)11-14(15(13)21)18(4,5)6/h10-11,20-21H,8-9H2,1-7H3. The Labute approximate surface area is 133 Å². The molecule has 0 aliphatic carbocycles. The van der Waals surface area contributed by atoms with Gasteiger partial charge in [0.25, 0.3) is 5.91 Å². The number of nitrogens with zero attached hydrogens (tertiary/aromatic N) is 1. The van der Waals surface area contributed by atoms with Gasteiger partial charge in [-0.25, -0.2) is 0 Å². The van der Waals surface area contributed by atoms with Crippen molar-refractivity contribution in [2.24, 2.45) is 0 Å². The first-order valence-corrected chi connectivity index (χ1v) is 7.64. The minimum Gasteiger partial charge on any atom is -0.507 e. The number of hydrogen-bond donors (Lipinski definition) is 2. The van der Waals surface area contributed by atoms with E-state index in [1.54, 1.807) is 19.2 Å². The van der Waals surface area contributed by atoms with Crippen LogP contribution >= 0.6 is 0 Å². The van der Waals surface area contributed by atoms with Crippen LogP contribution in [0, 0.1) is 0 Å². The first-order chi connectivity index (χ1) is 9.89. The molecule has 1 aromatic rings. The van der Waals surface area contributed by atoms with Crippen molar-refractivity contribution in [3.63, 3.8) is 0 Å². The number of carbonyl (C=O) groups is 1. The van der Waals surface area contributed by atoms with E-state index in [1.165, 1.54) is 4.90 Å². The Morgan fingerprint density at radius 2 is 1.45 bits per heavy atom. The summed E-state index contributed by atoms with van der Waals surface area (Å²) in [7, 11) is 1.67. The topological polar surface area (TPSA) is 60.8 Å². The van der Waals surface area contributed by atoms with Crippen LogP contribution in [0.25, 0.3) is 0 Å². The molecule has 0 spiro atoms. The molecule has 0 radical (unpaired) electrons. The van der Waals surface area contributed by atoms with Gasteiger partial charge in [0.05, 0.1) is 6.61 Å². The molecule has 0 saturated heterocycles. The molecule has 2 N–H and O–H groups in total. The summed E-state index contributed by atoms with van der Waals surface area (Å²) in [4.78, 5) is 14.0. The Morgan fingerprint density at radius 1 is 1.05 bits per heavy atom. The van der Waals surface area contributed by atoms with Gasteiger partial charge >= 0.3 is 0 Å². The van der Waals surface area contributed by atoms with Crippen LogP contribution in [-0.4, -0.2) is 41.2 Å². The van der Waals surface area contributed by atoms with Gasteiger partial charge in [-0.15, -0.1) is 0 Å². The average Bonchev–Trinajstić information content (AvgIpc) is 2.35. The molecule has 0 fully saturated rings. The van der Waals surface area contributed by atoms with Crippen molar-refractivity contribution in [2.45, 2.75) is 52.4 Å². The predicted octanol–water partition coefficient (Wildman–Crippen LogP) is 3.05. The van der Waals surface area contributed by atoms with Gasteiger partial charge in [0.1, 0.15) is 5.75 Å². The zero-order valence-electron chi connectivity index (χ0n) is 14.8. The maximum atomic E-state index is 12.5. The third-order valence-corrected chi connectivity index (χ3v) is 3.76. The quantitative estimate of drug-likeness (QED) is 0.902. The van der Waals surface area contributed by atoms with Gasteiger partial charge in [-0.2, -0.15) is 0 Å². The monoisotopic (exact) mass is 307 g/mol. The van der Waals surface area contributed by atoms with E-state index in [9.17, 15) is 9.90 Å². The largest absolute Gasteiger partial charge is 0.507 e. The van der Waals surface area contributed by atoms with E-state index in [2.05, 4.69) is 0 Å². The molecule has 0 bridgehead atoms. The molecule has 4 nitrogen and oxygen atoms in total. The molecule has 124 valence electrons. The number of aromatic hydroxyl groups is 1. The zero-order chi connectivity index (χ0) is 17.3. The van der Waals surface area contributed by atoms with Gasteiger partial charge < -0.3 is 15.1 Å². The highest BCUT2D eigenvalue weighted by atomic mass is 16.3. The van der Waals surface area contributed by atoms with E-state index in [-0.39, 0.29) is 35.6 Å². The van der Waals surface area contributed by atoms with E-state index < -0.39 is 0 Å². The van der Waals surface area contributed by atoms with Crippen LogP contribution in [-0.2, 0) is 10.8 Å². The SMILES string of the molecule is CN(CCO)C(=O)c1cc(C(C)(C)C)c(O)c(C(C)(C)C)c1. The molecular formula is C18H29NO3. The van der Waals surface area contributed by atoms with Crippen LogP contribution < -0.4 is 0 Å². The highest BCUT2D eigenvalue weighted by molar-refractivity contribution is 5.95. The molecule has 1 aromatic carbocycles. The summed E-state index contributed by atoms with van der Waals surface area (Å²) in [5, 5.41) is 19.7. The van der Waals surface area contributed by atoms with Crippen molar-refractivity contribution in [1.82, 2.24) is 4.90 Å². The van der Waals surface area contributed by atoms with Crippen molar-refractivity contribution in [2.75, 3.05) is 20.2 Å². The van der Waals surface area contributed by atoms with Crippen LogP contribution in [0.5, 0.6) is 5.75 Å². The normalized spacial score (nSPS) is 12.4. The first kappa shape index (κ1) is 18.5. The Kier molecular flexibility index (Phi) is 5.29. The minimum atomic E-state index is -0.268. The fourth-order valence-corrected chi connectivity index (χ4v) is 2.37. The Balaban J connectivity index is 3.51. The molecule has 4 heteroatoms. The van der Waals surface area contributed by atoms with Crippen LogP contribution in [0.15, 0.2) is 12.1 Å². The Hall–Kier alpha value is -1.55. The second-order valence-corrected chi connectivity index (χ2v) is 7.87. The van der Waals surface area contributed by atoms with Gasteiger partial charge in [-0.1, -0.05) is 41.5 Å².